The van der Waals surface area contributed by atoms with Crippen LogP contribution in [0, 0.1) is 5.92 Å². The number of aromatic nitrogens is 2. The van der Waals surface area contributed by atoms with Crippen molar-refractivity contribution in [2.24, 2.45) is 5.92 Å². The molecule has 144 valence electrons. The lowest BCUT2D eigenvalue weighted by molar-refractivity contribution is -0.139. The SMILES string of the molecule is CC(C)C[C@H](NC(=O)c1nc(-c2ccncc2)c(-c2ccccc2)s1)C(=O)O. The van der Waals surface area contributed by atoms with Gasteiger partial charge in [-0.3, -0.25) is 9.78 Å². The van der Waals surface area contributed by atoms with Crippen LogP contribution in [0.1, 0.15) is 30.1 Å². The zero-order chi connectivity index (χ0) is 20.1. The molecule has 0 spiro atoms. The molecule has 2 aromatic heterocycles. The van der Waals surface area contributed by atoms with Gasteiger partial charge in [-0.1, -0.05) is 44.2 Å². The smallest absolute Gasteiger partial charge is 0.326 e. The summed E-state index contributed by atoms with van der Waals surface area (Å²) in [5, 5.41) is 12.2. The van der Waals surface area contributed by atoms with Gasteiger partial charge in [0.2, 0.25) is 0 Å². The molecule has 2 N–H and O–H groups in total. The Bertz CT molecular complexity index is 899. The Labute approximate surface area is 167 Å². The van der Waals surface area contributed by atoms with E-state index in [4.69, 9.17) is 0 Å². The topological polar surface area (TPSA) is 92.2 Å². The van der Waals surface area contributed by atoms with Gasteiger partial charge in [0, 0.05) is 18.0 Å². The van der Waals surface area contributed by atoms with Crippen molar-refractivity contribution >= 4 is 23.2 Å². The molecule has 0 aliphatic rings. The highest BCUT2D eigenvalue weighted by molar-refractivity contribution is 7.17. The van der Waals surface area contributed by atoms with Gasteiger partial charge in [0.1, 0.15) is 6.04 Å². The van der Waals surface area contributed by atoms with Crippen LogP contribution in [0.5, 0.6) is 0 Å². The second kappa shape index (κ2) is 8.75. The predicted molar refractivity (Wildman–Crippen MR) is 109 cm³/mol. The maximum atomic E-state index is 12.7. The summed E-state index contributed by atoms with van der Waals surface area (Å²) in [6, 6.07) is 12.4. The molecule has 0 bridgehead atoms. The molecule has 6 nitrogen and oxygen atoms in total. The summed E-state index contributed by atoms with van der Waals surface area (Å²) in [7, 11) is 0. The van der Waals surface area contributed by atoms with Gasteiger partial charge in [-0.05, 0) is 30.0 Å². The van der Waals surface area contributed by atoms with Gasteiger partial charge in [-0.2, -0.15) is 0 Å². The summed E-state index contributed by atoms with van der Waals surface area (Å²) in [6.45, 7) is 3.83. The van der Waals surface area contributed by atoms with Crippen LogP contribution in [0.25, 0.3) is 21.7 Å². The maximum absolute atomic E-state index is 12.7. The lowest BCUT2D eigenvalue weighted by Gasteiger charge is -2.15. The van der Waals surface area contributed by atoms with Gasteiger partial charge in [0.25, 0.3) is 5.91 Å². The maximum Gasteiger partial charge on any atom is 0.326 e. The number of nitrogens with zero attached hydrogens (tertiary/aromatic N) is 2. The van der Waals surface area contributed by atoms with Crippen LogP contribution in [0.15, 0.2) is 54.9 Å². The molecule has 28 heavy (non-hydrogen) atoms. The van der Waals surface area contributed by atoms with Crippen molar-refractivity contribution in [1.82, 2.24) is 15.3 Å². The largest absolute Gasteiger partial charge is 0.480 e. The minimum absolute atomic E-state index is 0.143. The van der Waals surface area contributed by atoms with E-state index in [9.17, 15) is 14.7 Å². The molecule has 0 saturated carbocycles. The number of carboxylic acid groups (broad SMARTS) is 1. The molecule has 3 rings (SSSR count). The zero-order valence-electron chi connectivity index (χ0n) is 15.6. The Hall–Kier alpha value is -3.06. The first-order valence-corrected chi connectivity index (χ1v) is 9.77. The molecule has 0 aliphatic carbocycles. The number of aliphatic carboxylic acids is 1. The number of thiazole rings is 1. The number of nitrogens with one attached hydrogen (secondary N) is 1. The van der Waals surface area contributed by atoms with Crippen LogP contribution in [-0.2, 0) is 4.79 Å². The number of carboxylic acids is 1. The average molecular weight is 395 g/mol. The second-order valence-corrected chi connectivity index (χ2v) is 7.79. The Morgan fingerprint density at radius 1 is 1.07 bits per heavy atom. The van der Waals surface area contributed by atoms with Gasteiger partial charge in [0.05, 0.1) is 10.6 Å². The van der Waals surface area contributed by atoms with Gasteiger partial charge < -0.3 is 10.4 Å². The van der Waals surface area contributed by atoms with E-state index in [-0.39, 0.29) is 10.9 Å². The van der Waals surface area contributed by atoms with Gasteiger partial charge in [0.15, 0.2) is 5.01 Å². The monoisotopic (exact) mass is 395 g/mol. The molecule has 1 amide bonds. The Morgan fingerprint density at radius 3 is 2.36 bits per heavy atom. The summed E-state index contributed by atoms with van der Waals surface area (Å²) in [5.74, 6) is -1.38. The van der Waals surface area contributed by atoms with E-state index in [1.165, 1.54) is 11.3 Å². The van der Waals surface area contributed by atoms with Crippen molar-refractivity contribution in [3.05, 3.63) is 59.9 Å². The zero-order valence-corrected chi connectivity index (χ0v) is 16.4. The number of hydrogen-bond donors (Lipinski definition) is 2. The number of pyridine rings is 1. The minimum Gasteiger partial charge on any atom is -0.480 e. The lowest BCUT2D eigenvalue weighted by atomic mass is 10.0. The molecule has 0 radical (unpaired) electrons. The van der Waals surface area contributed by atoms with Crippen molar-refractivity contribution in [2.75, 3.05) is 0 Å². The molecule has 1 atom stereocenters. The van der Waals surface area contributed by atoms with Crippen LogP contribution >= 0.6 is 11.3 Å². The van der Waals surface area contributed by atoms with E-state index in [1.54, 1.807) is 12.4 Å². The van der Waals surface area contributed by atoms with Crippen molar-refractivity contribution in [3.8, 4) is 21.7 Å². The number of rotatable bonds is 7. The van der Waals surface area contributed by atoms with Crippen molar-refractivity contribution in [2.45, 2.75) is 26.3 Å². The third-order valence-electron chi connectivity index (χ3n) is 4.12. The van der Waals surface area contributed by atoms with E-state index < -0.39 is 17.9 Å². The first kappa shape index (κ1) is 19.7. The molecule has 3 aromatic rings. The Kier molecular flexibility index (Phi) is 6.16. The highest BCUT2D eigenvalue weighted by Crippen LogP contribution is 2.36. The molecule has 7 heteroatoms. The molecular formula is C21H21N3O3S. The number of amides is 1. The first-order chi connectivity index (χ1) is 13.5. The molecule has 0 aliphatic heterocycles. The summed E-state index contributed by atoms with van der Waals surface area (Å²) in [5.41, 5.74) is 2.48. The van der Waals surface area contributed by atoms with E-state index in [0.717, 1.165) is 16.0 Å². The lowest BCUT2D eigenvalue weighted by Crippen LogP contribution is -2.41. The van der Waals surface area contributed by atoms with Gasteiger partial charge >= 0.3 is 5.97 Å². The Balaban J connectivity index is 1.97. The highest BCUT2D eigenvalue weighted by atomic mass is 32.1. The second-order valence-electron chi connectivity index (χ2n) is 6.79. The standard InChI is InChI=1S/C21H21N3O3S/c1-13(2)12-16(21(26)27)23-19(25)20-24-17(14-8-10-22-11-9-14)18(28-20)15-6-4-3-5-7-15/h3-11,13,16H,12H2,1-2H3,(H,23,25)(H,26,27)/t16-/m0/s1. The molecule has 0 saturated heterocycles. The van der Waals surface area contributed by atoms with E-state index >= 15 is 0 Å². The van der Waals surface area contributed by atoms with Crippen LogP contribution in [0.3, 0.4) is 0 Å². The first-order valence-electron chi connectivity index (χ1n) is 8.96. The fourth-order valence-corrected chi connectivity index (χ4v) is 3.82. The van der Waals surface area contributed by atoms with Crippen molar-refractivity contribution < 1.29 is 14.7 Å². The van der Waals surface area contributed by atoms with Crippen LogP contribution < -0.4 is 5.32 Å². The van der Waals surface area contributed by atoms with Gasteiger partial charge in [-0.15, -0.1) is 11.3 Å². The summed E-state index contributed by atoms with van der Waals surface area (Å²) < 4.78 is 0. The van der Waals surface area contributed by atoms with E-state index in [2.05, 4.69) is 15.3 Å². The van der Waals surface area contributed by atoms with Crippen LogP contribution in [0.4, 0.5) is 0 Å². The fourth-order valence-electron chi connectivity index (χ4n) is 2.82. The number of carbonyl (C=O) groups is 2. The molecule has 1 aromatic carbocycles. The quantitative estimate of drug-likeness (QED) is 0.628. The normalized spacial score (nSPS) is 12.0. The molecule has 0 unspecified atom stereocenters. The third kappa shape index (κ3) is 4.61. The summed E-state index contributed by atoms with van der Waals surface area (Å²) in [4.78, 5) is 33.6. The van der Waals surface area contributed by atoms with Crippen molar-refractivity contribution in [3.63, 3.8) is 0 Å². The molecule has 0 fully saturated rings. The predicted octanol–water partition coefficient (Wildman–Crippen LogP) is 4.10. The number of hydrogen-bond acceptors (Lipinski definition) is 5. The summed E-state index contributed by atoms with van der Waals surface area (Å²) in [6.07, 6.45) is 3.70. The van der Waals surface area contributed by atoms with E-state index in [1.807, 2.05) is 56.3 Å². The fraction of sp³-hybridized carbons (Fsp3) is 0.238. The highest BCUT2D eigenvalue weighted by Gasteiger charge is 2.25. The average Bonchev–Trinajstić information content (AvgIpc) is 3.14. The third-order valence-corrected chi connectivity index (χ3v) is 5.22. The molecule has 2 heterocycles. The number of benzene rings is 1. The van der Waals surface area contributed by atoms with Crippen molar-refractivity contribution in [1.29, 1.82) is 0 Å². The summed E-state index contributed by atoms with van der Waals surface area (Å²) >= 11 is 1.25. The number of carbonyl (C=O) groups excluding carboxylic acids is 1. The Morgan fingerprint density at radius 2 is 1.75 bits per heavy atom. The minimum atomic E-state index is -1.05. The van der Waals surface area contributed by atoms with E-state index in [0.29, 0.717) is 12.1 Å². The molecular weight excluding hydrogens is 374 g/mol. The van der Waals surface area contributed by atoms with Gasteiger partial charge in [-0.25, -0.2) is 9.78 Å². The van der Waals surface area contributed by atoms with Crippen LogP contribution in [-0.4, -0.2) is 33.0 Å². The van der Waals surface area contributed by atoms with Crippen LogP contribution in [0.2, 0.25) is 0 Å².